The molecule has 0 aliphatic carbocycles. The van der Waals surface area contributed by atoms with Gasteiger partial charge in [-0.05, 0) is 19.1 Å². The molecular formula is C12H11N5O2. The maximum absolute atomic E-state index is 11.0. The second kappa shape index (κ2) is 3.91. The highest BCUT2D eigenvalue weighted by atomic mass is 16.4. The average molecular weight is 257 g/mol. The summed E-state index contributed by atoms with van der Waals surface area (Å²) in [6.07, 6.45) is 1.68. The van der Waals surface area contributed by atoms with E-state index in [0.29, 0.717) is 23.0 Å². The second-order valence-corrected chi connectivity index (χ2v) is 4.16. The summed E-state index contributed by atoms with van der Waals surface area (Å²) < 4.78 is 3.25. The number of pyridine rings is 1. The van der Waals surface area contributed by atoms with Gasteiger partial charge >= 0.3 is 5.97 Å². The molecule has 0 radical (unpaired) electrons. The van der Waals surface area contributed by atoms with Crippen molar-refractivity contribution in [3.63, 3.8) is 0 Å². The molecule has 7 heteroatoms. The molecule has 0 aliphatic rings. The third-order valence-corrected chi connectivity index (χ3v) is 2.97. The van der Waals surface area contributed by atoms with Gasteiger partial charge in [0.1, 0.15) is 5.69 Å². The number of imidazole rings is 1. The van der Waals surface area contributed by atoms with Gasteiger partial charge in [0.05, 0.1) is 5.69 Å². The van der Waals surface area contributed by atoms with Gasteiger partial charge in [-0.1, -0.05) is 6.07 Å². The van der Waals surface area contributed by atoms with E-state index in [9.17, 15) is 4.79 Å². The smallest absolute Gasteiger partial charge is 0.356 e. The van der Waals surface area contributed by atoms with Crippen molar-refractivity contribution in [3.8, 4) is 11.5 Å². The fourth-order valence-corrected chi connectivity index (χ4v) is 1.99. The summed E-state index contributed by atoms with van der Waals surface area (Å²) in [5.74, 6) is 0.0704. The Labute approximate surface area is 108 Å². The lowest BCUT2D eigenvalue weighted by Gasteiger charge is -1.98. The van der Waals surface area contributed by atoms with Crippen LogP contribution in [0.25, 0.3) is 17.3 Å². The van der Waals surface area contributed by atoms with E-state index in [-0.39, 0.29) is 5.69 Å². The highest BCUT2D eigenvalue weighted by Gasteiger charge is 2.20. The Morgan fingerprint density at radius 2 is 2.16 bits per heavy atom. The molecule has 3 heterocycles. The Morgan fingerprint density at radius 3 is 2.74 bits per heavy atom. The first-order valence-corrected chi connectivity index (χ1v) is 5.66. The number of aryl methyl sites for hydroxylation is 2. The molecule has 96 valence electrons. The summed E-state index contributed by atoms with van der Waals surface area (Å²) in [5.41, 5.74) is 1.23. The third kappa shape index (κ3) is 1.59. The van der Waals surface area contributed by atoms with Crippen LogP contribution in [0.3, 0.4) is 0 Å². The fourth-order valence-electron chi connectivity index (χ4n) is 1.99. The molecular weight excluding hydrogens is 246 g/mol. The number of fused-ring (bicyclic) bond motifs is 1. The number of rotatable bonds is 2. The zero-order chi connectivity index (χ0) is 13.6. The number of carbonyl (C=O) groups is 1. The number of aromatic carboxylic acids is 1. The normalized spacial score (nSPS) is 11.1. The largest absolute Gasteiger partial charge is 0.476 e. The number of hydrogen-bond acceptors (Lipinski definition) is 4. The highest BCUT2D eigenvalue weighted by Crippen LogP contribution is 2.19. The first kappa shape index (κ1) is 11.4. The van der Waals surface area contributed by atoms with Gasteiger partial charge in [-0.2, -0.15) is 0 Å². The van der Waals surface area contributed by atoms with Crippen LogP contribution in [0, 0.1) is 6.92 Å². The highest BCUT2D eigenvalue weighted by molar-refractivity contribution is 5.87. The first-order valence-electron chi connectivity index (χ1n) is 5.66. The summed E-state index contributed by atoms with van der Waals surface area (Å²) in [6, 6.07) is 5.54. The lowest BCUT2D eigenvalue weighted by molar-refractivity contribution is 0.0690. The predicted octanol–water partition coefficient (Wildman–Crippen LogP) is 1.14. The quantitative estimate of drug-likeness (QED) is 0.744. The van der Waals surface area contributed by atoms with Crippen LogP contribution >= 0.6 is 0 Å². The minimum Gasteiger partial charge on any atom is -0.476 e. The molecule has 3 rings (SSSR count). The zero-order valence-electron chi connectivity index (χ0n) is 10.4. The molecule has 0 fully saturated rings. The topological polar surface area (TPSA) is 85.3 Å². The lowest BCUT2D eigenvalue weighted by atomic mass is 10.3. The van der Waals surface area contributed by atoms with Crippen molar-refractivity contribution in [3.05, 3.63) is 35.8 Å². The van der Waals surface area contributed by atoms with Crippen LogP contribution in [0.4, 0.5) is 0 Å². The van der Waals surface area contributed by atoms with Crippen molar-refractivity contribution in [2.24, 2.45) is 7.05 Å². The van der Waals surface area contributed by atoms with Gasteiger partial charge in [0.25, 0.3) is 0 Å². The molecule has 0 aromatic carbocycles. The van der Waals surface area contributed by atoms with Gasteiger partial charge in [0.2, 0.25) is 5.78 Å². The van der Waals surface area contributed by atoms with Crippen molar-refractivity contribution in [1.82, 2.24) is 24.1 Å². The second-order valence-electron chi connectivity index (χ2n) is 4.16. The van der Waals surface area contributed by atoms with Gasteiger partial charge in [-0.25, -0.2) is 14.3 Å². The van der Waals surface area contributed by atoms with Crippen molar-refractivity contribution >= 4 is 11.7 Å². The molecule has 0 unspecified atom stereocenters. The fraction of sp³-hybridized carbons (Fsp3) is 0.167. The Balaban J connectivity index is 2.26. The molecule has 3 aromatic heterocycles. The van der Waals surface area contributed by atoms with Gasteiger partial charge in [0, 0.05) is 13.2 Å². The van der Waals surface area contributed by atoms with E-state index >= 15 is 0 Å². The van der Waals surface area contributed by atoms with Crippen molar-refractivity contribution < 1.29 is 9.90 Å². The minimum atomic E-state index is -1.05. The monoisotopic (exact) mass is 257 g/mol. The molecule has 0 amide bonds. The number of nitrogens with zero attached hydrogens (tertiary/aromatic N) is 5. The predicted molar refractivity (Wildman–Crippen MR) is 66.9 cm³/mol. The van der Waals surface area contributed by atoms with Gasteiger partial charge in [-0.3, -0.25) is 9.55 Å². The molecule has 1 N–H and O–H groups in total. The Hall–Kier alpha value is -2.70. The molecule has 19 heavy (non-hydrogen) atoms. The standard InChI is InChI=1S/C12H11N5O2/c1-7-9(11(18)19)14-12-16(2)10(15-17(7)12)8-5-3-4-6-13-8/h3-6H,1-2H3,(H,18,19). The van der Waals surface area contributed by atoms with E-state index in [1.54, 1.807) is 24.7 Å². The minimum absolute atomic E-state index is 0.0191. The van der Waals surface area contributed by atoms with Crippen LogP contribution in [0.5, 0.6) is 0 Å². The van der Waals surface area contributed by atoms with Crippen LogP contribution in [-0.4, -0.2) is 35.2 Å². The molecule has 0 aliphatic heterocycles. The summed E-state index contributed by atoms with van der Waals surface area (Å²) in [4.78, 5) is 19.4. The van der Waals surface area contributed by atoms with E-state index in [4.69, 9.17) is 5.11 Å². The molecule has 0 saturated heterocycles. The van der Waals surface area contributed by atoms with E-state index in [1.807, 2.05) is 18.2 Å². The summed E-state index contributed by atoms with van der Waals surface area (Å²) in [5, 5.41) is 13.4. The third-order valence-electron chi connectivity index (χ3n) is 2.97. The molecule has 3 aromatic rings. The van der Waals surface area contributed by atoms with E-state index in [0.717, 1.165) is 0 Å². The number of aromatic nitrogens is 5. The number of carboxylic acid groups (broad SMARTS) is 1. The van der Waals surface area contributed by atoms with Crippen LogP contribution in [0.1, 0.15) is 16.2 Å². The maximum Gasteiger partial charge on any atom is 0.356 e. The van der Waals surface area contributed by atoms with E-state index in [1.165, 1.54) is 4.52 Å². The molecule has 0 bridgehead atoms. The molecule has 0 spiro atoms. The Morgan fingerprint density at radius 1 is 1.37 bits per heavy atom. The van der Waals surface area contributed by atoms with Crippen molar-refractivity contribution in [1.29, 1.82) is 0 Å². The zero-order valence-corrected chi connectivity index (χ0v) is 10.4. The first-order chi connectivity index (χ1) is 9.09. The van der Waals surface area contributed by atoms with E-state index in [2.05, 4.69) is 15.1 Å². The van der Waals surface area contributed by atoms with Crippen LogP contribution < -0.4 is 0 Å². The van der Waals surface area contributed by atoms with Crippen LogP contribution in [0.15, 0.2) is 24.4 Å². The number of hydrogen-bond donors (Lipinski definition) is 1. The molecule has 0 atom stereocenters. The maximum atomic E-state index is 11.0. The SMILES string of the molecule is Cc1c(C(=O)O)nc2n(C)c(-c3ccccn3)nn12. The van der Waals surface area contributed by atoms with Crippen molar-refractivity contribution in [2.75, 3.05) is 0 Å². The van der Waals surface area contributed by atoms with Gasteiger partial charge in [-0.15, -0.1) is 5.10 Å². The van der Waals surface area contributed by atoms with Gasteiger partial charge < -0.3 is 5.11 Å². The summed E-state index contributed by atoms with van der Waals surface area (Å²) in [7, 11) is 1.78. The number of carboxylic acids is 1. The molecule has 0 saturated carbocycles. The Kier molecular flexibility index (Phi) is 2.34. The average Bonchev–Trinajstić information content (AvgIpc) is 2.90. The lowest BCUT2D eigenvalue weighted by Crippen LogP contribution is -2.02. The summed E-state index contributed by atoms with van der Waals surface area (Å²) >= 11 is 0. The van der Waals surface area contributed by atoms with E-state index < -0.39 is 5.97 Å². The van der Waals surface area contributed by atoms with Crippen molar-refractivity contribution in [2.45, 2.75) is 6.92 Å². The van der Waals surface area contributed by atoms with Gasteiger partial charge in [0.15, 0.2) is 11.5 Å². The molecule has 7 nitrogen and oxygen atoms in total. The Bertz CT molecular complexity index is 772. The van der Waals surface area contributed by atoms with Crippen LogP contribution in [0.2, 0.25) is 0 Å². The van der Waals surface area contributed by atoms with Crippen LogP contribution in [-0.2, 0) is 7.05 Å². The summed E-state index contributed by atoms with van der Waals surface area (Å²) in [6.45, 7) is 1.68.